The predicted molar refractivity (Wildman–Crippen MR) is 53.5 cm³/mol. The van der Waals surface area contributed by atoms with Gasteiger partial charge in [0, 0.05) is 0 Å². The first-order valence-electron chi connectivity index (χ1n) is 5.09. The molecule has 70 valence electrons. The Morgan fingerprint density at radius 2 is 2.17 bits per heavy atom. The number of hydrogen-bond acceptors (Lipinski definition) is 2. The maximum Gasteiger partial charge on any atom is 0.0650 e. The third-order valence-corrected chi connectivity index (χ3v) is 4.49. The fourth-order valence-electron chi connectivity index (χ4n) is 2.29. The monoisotopic (exact) mass is 186 g/mol. The van der Waals surface area contributed by atoms with Crippen LogP contribution >= 0.6 is 11.8 Å². The summed E-state index contributed by atoms with van der Waals surface area (Å²) in [5, 5.41) is 9.95. The van der Waals surface area contributed by atoms with Crippen LogP contribution in [0.4, 0.5) is 0 Å². The van der Waals surface area contributed by atoms with Crippen molar-refractivity contribution >= 4 is 11.8 Å². The van der Waals surface area contributed by atoms with E-state index < -0.39 is 0 Å². The van der Waals surface area contributed by atoms with Crippen LogP contribution in [0.1, 0.15) is 38.5 Å². The fourth-order valence-corrected chi connectivity index (χ4v) is 3.45. The Morgan fingerprint density at radius 1 is 1.33 bits per heavy atom. The van der Waals surface area contributed by atoms with Gasteiger partial charge in [-0.3, -0.25) is 0 Å². The zero-order chi connectivity index (χ0) is 8.44. The molecule has 1 heterocycles. The molecule has 1 aliphatic carbocycles. The molecular weight excluding hydrogens is 168 g/mol. The van der Waals surface area contributed by atoms with E-state index >= 15 is 0 Å². The Labute approximate surface area is 78.9 Å². The minimum absolute atomic E-state index is 0.234. The van der Waals surface area contributed by atoms with Crippen molar-refractivity contribution in [3.63, 3.8) is 0 Å². The molecule has 1 saturated heterocycles. The summed E-state index contributed by atoms with van der Waals surface area (Å²) in [4.78, 5) is 0. The largest absolute Gasteiger partial charge is 0.390 e. The summed E-state index contributed by atoms with van der Waals surface area (Å²) in [6.07, 6.45) is 7.18. The Balaban J connectivity index is 1.77. The standard InChI is InChI=1S/C10H18OS/c11-10(4-2-5-10)7-9-3-1-6-12-8-9/h9,11H,1-8H2. The van der Waals surface area contributed by atoms with Crippen molar-refractivity contribution in [1.29, 1.82) is 0 Å². The molecule has 0 amide bonds. The fraction of sp³-hybridized carbons (Fsp3) is 1.00. The first kappa shape index (κ1) is 8.89. The van der Waals surface area contributed by atoms with E-state index in [0.29, 0.717) is 0 Å². The molecule has 2 heteroatoms. The van der Waals surface area contributed by atoms with Gasteiger partial charge in [-0.05, 0) is 55.9 Å². The van der Waals surface area contributed by atoms with Crippen LogP contribution in [0.3, 0.4) is 0 Å². The molecule has 1 unspecified atom stereocenters. The lowest BCUT2D eigenvalue weighted by Crippen LogP contribution is -2.39. The second-order valence-corrected chi connectivity index (χ2v) is 5.52. The summed E-state index contributed by atoms with van der Waals surface area (Å²) in [7, 11) is 0. The van der Waals surface area contributed by atoms with Crippen LogP contribution < -0.4 is 0 Å². The third kappa shape index (κ3) is 1.97. The first-order valence-corrected chi connectivity index (χ1v) is 6.24. The maximum absolute atomic E-state index is 9.95. The van der Waals surface area contributed by atoms with Crippen molar-refractivity contribution in [2.24, 2.45) is 5.92 Å². The van der Waals surface area contributed by atoms with Gasteiger partial charge in [-0.2, -0.15) is 11.8 Å². The molecule has 2 rings (SSSR count). The van der Waals surface area contributed by atoms with Gasteiger partial charge in [0.2, 0.25) is 0 Å². The molecule has 0 aromatic rings. The summed E-state index contributed by atoms with van der Waals surface area (Å²) in [5.41, 5.74) is -0.234. The highest BCUT2D eigenvalue weighted by atomic mass is 32.2. The van der Waals surface area contributed by atoms with Gasteiger partial charge in [0.1, 0.15) is 0 Å². The van der Waals surface area contributed by atoms with Crippen LogP contribution in [-0.2, 0) is 0 Å². The average molecular weight is 186 g/mol. The summed E-state index contributed by atoms with van der Waals surface area (Å²) in [5.74, 6) is 3.45. The molecule has 12 heavy (non-hydrogen) atoms. The van der Waals surface area contributed by atoms with Gasteiger partial charge in [-0.1, -0.05) is 0 Å². The Hall–Kier alpha value is 0.310. The third-order valence-electron chi connectivity index (χ3n) is 3.21. The second kappa shape index (κ2) is 3.59. The SMILES string of the molecule is OC1(CC2CCCSC2)CCC1. The predicted octanol–water partition coefficient (Wildman–Crippen LogP) is 2.43. The molecule has 0 bridgehead atoms. The van der Waals surface area contributed by atoms with E-state index in [-0.39, 0.29) is 5.60 Å². The summed E-state index contributed by atoms with van der Waals surface area (Å²) in [6.45, 7) is 0. The maximum atomic E-state index is 9.95. The molecule has 1 nitrogen and oxygen atoms in total. The lowest BCUT2D eigenvalue weighted by molar-refractivity contribution is -0.0514. The molecule has 0 spiro atoms. The minimum atomic E-state index is -0.234. The van der Waals surface area contributed by atoms with Crippen LogP contribution in [0.25, 0.3) is 0 Å². The van der Waals surface area contributed by atoms with Gasteiger partial charge < -0.3 is 5.11 Å². The van der Waals surface area contributed by atoms with Gasteiger partial charge in [0.05, 0.1) is 5.60 Å². The highest BCUT2D eigenvalue weighted by Gasteiger charge is 2.36. The van der Waals surface area contributed by atoms with E-state index in [9.17, 15) is 5.11 Å². The lowest BCUT2D eigenvalue weighted by Gasteiger charge is -2.40. The van der Waals surface area contributed by atoms with Gasteiger partial charge in [0.25, 0.3) is 0 Å². The van der Waals surface area contributed by atoms with Crippen LogP contribution in [0, 0.1) is 5.92 Å². The molecule has 1 saturated carbocycles. The minimum Gasteiger partial charge on any atom is -0.390 e. The molecule has 0 aromatic carbocycles. The molecule has 1 atom stereocenters. The second-order valence-electron chi connectivity index (χ2n) is 4.37. The van der Waals surface area contributed by atoms with Crippen molar-refractivity contribution in [2.45, 2.75) is 44.1 Å². The smallest absolute Gasteiger partial charge is 0.0650 e. The van der Waals surface area contributed by atoms with Gasteiger partial charge in [-0.15, -0.1) is 0 Å². The summed E-state index contributed by atoms with van der Waals surface area (Å²) < 4.78 is 0. The number of hydrogen-bond donors (Lipinski definition) is 1. The van der Waals surface area contributed by atoms with Crippen molar-refractivity contribution in [3.05, 3.63) is 0 Å². The van der Waals surface area contributed by atoms with Crippen molar-refractivity contribution in [2.75, 3.05) is 11.5 Å². The number of aliphatic hydroxyl groups is 1. The van der Waals surface area contributed by atoms with Crippen molar-refractivity contribution in [1.82, 2.24) is 0 Å². The normalized spacial score (nSPS) is 34.2. The number of thioether (sulfide) groups is 1. The van der Waals surface area contributed by atoms with E-state index in [2.05, 4.69) is 11.8 Å². The van der Waals surface area contributed by atoms with Gasteiger partial charge in [-0.25, -0.2) is 0 Å². The first-order chi connectivity index (χ1) is 5.79. The van der Waals surface area contributed by atoms with Crippen molar-refractivity contribution in [3.8, 4) is 0 Å². The van der Waals surface area contributed by atoms with Crippen LogP contribution in [0.5, 0.6) is 0 Å². The van der Waals surface area contributed by atoms with E-state index in [1.807, 2.05) is 0 Å². The van der Waals surface area contributed by atoms with Crippen LogP contribution in [0.15, 0.2) is 0 Å². The number of rotatable bonds is 2. The van der Waals surface area contributed by atoms with E-state index in [4.69, 9.17) is 0 Å². The molecule has 1 aliphatic heterocycles. The Morgan fingerprint density at radius 3 is 2.67 bits per heavy atom. The van der Waals surface area contributed by atoms with E-state index in [1.165, 1.54) is 30.8 Å². The molecule has 0 aromatic heterocycles. The quantitative estimate of drug-likeness (QED) is 0.715. The van der Waals surface area contributed by atoms with E-state index in [0.717, 1.165) is 25.2 Å². The van der Waals surface area contributed by atoms with Crippen molar-refractivity contribution < 1.29 is 5.11 Å². The Kier molecular flexibility index (Phi) is 2.66. The van der Waals surface area contributed by atoms with Crippen LogP contribution in [0.2, 0.25) is 0 Å². The molecular formula is C10H18OS. The van der Waals surface area contributed by atoms with Crippen LogP contribution in [-0.4, -0.2) is 22.2 Å². The van der Waals surface area contributed by atoms with E-state index in [1.54, 1.807) is 0 Å². The average Bonchev–Trinajstić information content (AvgIpc) is 2.04. The van der Waals surface area contributed by atoms with Gasteiger partial charge >= 0.3 is 0 Å². The zero-order valence-electron chi connectivity index (χ0n) is 7.59. The lowest BCUT2D eigenvalue weighted by atomic mass is 9.74. The molecule has 1 N–H and O–H groups in total. The van der Waals surface area contributed by atoms with Gasteiger partial charge in [0.15, 0.2) is 0 Å². The molecule has 2 aliphatic rings. The molecule has 0 radical (unpaired) electrons. The highest BCUT2D eigenvalue weighted by Crippen LogP contribution is 2.40. The molecule has 2 fully saturated rings. The summed E-state index contributed by atoms with van der Waals surface area (Å²) in [6, 6.07) is 0. The topological polar surface area (TPSA) is 20.2 Å². The Bertz CT molecular complexity index is 148. The highest BCUT2D eigenvalue weighted by molar-refractivity contribution is 7.99. The summed E-state index contributed by atoms with van der Waals surface area (Å²) >= 11 is 2.07. The zero-order valence-corrected chi connectivity index (χ0v) is 8.41.